The van der Waals surface area contributed by atoms with Gasteiger partial charge < -0.3 is 5.32 Å². The number of hydrogen-bond donors (Lipinski definition) is 1. The number of allylic oxidation sites excluding steroid dienone is 2. The third-order valence-corrected chi connectivity index (χ3v) is 2.90. The van der Waals surface area contributed by atoms with E-state index >= 15 is 0 Å². The van der Waals surface area contributed by atoms with Gasteiger partial charge in [-0.2, -0.15) is 0 Å². The number of hydrogen-bond acceptors (Lipinski definition) is 2. The van der Waals surface area contributed by atoms with Crippen LogP contribution in [0.2, 0.25) is 0 Å². The van der Waals surface area contributed by atoms with Gasteiger partial charge in [-0.1, -0.05) is 32.4 Å². The number of unbranched alkanes of at least 4 members (excludes halogenated alkanes) is 3. The molecule has 0 aromatic heterocycles. The summed E-state index contributed by atoms with van der Waals surface area (Å²) < 4.78 is 0. The normalized spacial score (nSPS) is 11.3. The molecular weight excluding hydrogens is 212 g/mol. The first-order valence-electron chi connectivity index (χ1n) is 6.84. The molecule has 0 saturated heterocycles. The lowest BCUT2D eigenvalue weighted by Crippen LogP contribution is -2.37. The Labute approximate surface area is 106 Å². The molecule has 0 radical (unpaired) electrons. The Morgan fingerprint density at radius 2 is 1.88 bits per heavy atom. The van der Waals surface area contributed by atoms with E-state index in [1.807, 2.05) is 6.92 Å². The van der Waals surface area contributed by atoms with Gasteiger partial charge in [-0.05, 0) is 39.3 Å². The average Bonchev–Trinajstić information content (AvgIpc) is 2.35. The lowest BCUT2D eigenvalue weighted by Gasteiger charge is -2.18. The Balaban J connectivity index is 3.40. The Hall–Kier alpha value is -0.830. The van der Waals surface area contributed by atoms with Crippen LogP contribution in [0.25, 0.3) is 0 Å². The van der Waals surface area contributed by atoms with Gasteiger partial charge in [0, 0.05) is 6.42 Å². The van der Waals surface area contributed by atoms with Crippen molar-refractivity contribution in [3.05, 3.63) is 12.2 Å². The summed E-state index contributed by atoms with van der Waals surface area (Å²) in [6.07, 6.45) is 9.39. The van der Waals surface area contributed by atoms with Crippen LogP contribution in [0.5, 0.6) is 0 Å². The van der Waals surface area contributed by atoms with Gasteiger partial charge in [0.15, 0.2) is 0 Å². The van der Waals surface area contributed by atoms with Crippen LogP contribution in [0.15, 0.2) is 12.2 Å². The first kappa shape index (κ1) is 16.2. The van der Waals surface area contributed by atoms with Gasteiger partial charge >= 0.3 is 0 Å². The van der Waals surface area contributed by atoms with Gasteiger partial charge in [-0.3, -0.25) is 9.69 Å². The van der Waals surface area contributed by atoms with E-state index in [0.29, 0.717) is 13.1 Å². The van der Waals surface area contributed by atoms with E-state index in [0.717, 1.165) is 32.4 Å². The molecule has 0 atom stereocenters. The molecule has 0 aliphatic rings. The van der Waals surface area contributed by atoms with Crippen LogP contribution in [-0.2, 0) is 4.79 Å². The van der Waals surface area contributed by atoms with Crippen molar-refractivity contribution in [2.75, 3.05) is 19.8 Å². The molecule has 0 aliphatic carbocycles. The minimum Gasteiger partial charge on any atom is -0.343 e. The van der Waals surface area contributed by atoms with Gasteiger partial charge in [0.1, 0.15) is 0 Å². The fourth-order valence-electron chi connectivity index (χ4n) is 1.63. The number of carbonyl (C=O) groups excluding carboxylic acids is 1. The second-order valence-electron chi connectivity index (χ2n) is 4.23. The largest absolute Gasteiger partial charge is 0.343 e. The minimum absolute atomic E-state index is 0.183. The molecule has 0 aromatic rings. The predicted octanol–water partition coefficient (Wildman–Crippen LogP) is 2.93. The van der Waals surface area contributed by atoms with Gasteiger partial charge in [0.25, 0.3) is 0 Å². The maximum atomic E-state index is 11.5. The summed E-state index contributed by atoms with van der Waals surface area (Å²) in [6.45, 7) is 8.92. The number of nitrogens with zero attached hydrogens (tertiary/aromatic N) is 1. The van der Waals surface area contributed by atoms with Crippen molar-refractivity contribution >= 4 is 5.91 Å². The molecular formula is C14H28N2O. The number of nitrogens with one attached hydrogen (secondary N) is 1. The highest BCUT2D eigenvalue weighted by Crippen LogP contribution is 2.03. The molecule has 0 rings (SSSR count). The SMILES string of the molecule is C/C=C/CCCCCC(=O)NCN(CC)CC. The summed E-state index contributed by atoms with van der Waals surface area (Å²) in [5, 5.41) is 2.96. The molecule has 1 N–H and O–H groups in total. The van der Waals surface area contributed by atoms with Gasteiger partial charge in [-0.15, -0.1) is 0 Å². The summed E-state index contributed by atoms with van der Waals surface area (Å²) in [4.78, 5) is 13.7. The zero-order valence-corrected chi connectivity index (χ0v) is 11.7. The van der Waals surface area contributed by atoms with Crippen LogP contribution in [0.3, 0.4) is 0 Å². The summed E-state index contributed by atoms with van der Waals surface area (Å²) in [5.41, 5.74) is 0. The Bertz CT molecular complexity index is 210. The van der Waals surface area contributed by atoms with Crippen LogP contribution in [0.1, 0.15) is 52.9 Å². The summed E-state index contributed by atoms with van der Waals surface area (Å²) >= 11 is 0. The van der Waals surface area contributed by atoms with Crippen molar-refractivity contribution in [2.45, 2.75) is 52.9 Å². The molecule has 0 spiro atoms. The monoisotopic (exact) mass is 240 g/mol. The van der Waals surface area contributed by atoms with Gasteiger partial charge in [0.2, 0.25) is 5.91 Å². The van der Waals surface area contributed by atoms with Crippen molar-refractivity contribution in [1.82, 2.24) is 10.2 Å². The third-order valence-electron chi connectivity index (χ3n) is 2.90. The van der Waals surface area contributed by atoms with Crippen LogP contribution in [-0.4, -0.2) is 30.6 Å². The number of amides is 1. The molecule has 0 bridgehead atoms. The quantitative estimate of drug-likeness (QED) is 0.362. The molecule has 0 heterocycles. The lowest BCUT2D eigenvalue weighted by molar-refractivity contribution is -0.121. The molecule has 0 saturated carbocycles. The number of rotatable bonds is 10. The first-order valence-corrected chi connectivity index (χ1v) is 6.84. The molecule has 1 amide bonds. The highest BCUT2D eigenvalue weighted by atomic mass is 16.1. The topological polar surface area (TPSA) is 32.3 Å². The minimum atomic E-state index is 0.183. The van der Waals surface area contributed by atoms with Crippen LogP contribution in [0.4, 0.5) is 0 Å². The van der Waals surface area contributed by atoms with E-state index in [-0.39, 0.29) is 5.91 Å². The van der Waals surface area contributed by atoms with E-state index in [1.54, 1.807) is 0 Å². The van der Waals surface area contributed by atoms with E-state index in [2.05, 4.69) is 36.2 Å². The lowest BCUT2D eigenvalue weighted by atomic mass is 10.1. The van der Waals surface area contributed by atoms with Crippen molar-refractivity contribution in [3.8, 4) is 0 Å². The van der Waals surface area contributed by atoms with Crippen molar-refractivity contribution in [3.63, 3.8) is 0 Å². The van der Waals surface area contributed by atoms with Gasteiger partial charge in [0.05, 0.1) is 6.67 Å². The maximum absolute atomic E-state index is 11.5. The predicted molar refractivity (Wildman–Crippen MR) is 73.8 cm³/mol. The Kier molecular flexibility index (Phi) is 11.1. The zero-order chi connectivity index (χ0) is 12.9. The van der Waals surface area contributed by atoms with Crippen molar-refractivity contribution < 1.29 is 4.79 Å². The molecule has 3 heteroatoms. The second-order valence-corrected chi connectivity index (χ2v) is 4.23. The molecule has 0 aromatic carbocycles. The Morgan fingerprint density at radius 3 is 2.47 bits per heavy atom. The van der Waals surface area contributed by atoms with Crippen LogP contribution in [0, 0.1) is 0 Å². The van der Waals surface area contributed by atoms with Crippen LogP contribution < -0.4 is 5.32 Å². The van der Waals surface area contributed by atoms with Crippen molar-refractivity contribution in [2.24, 2.45) is 0 Å². The zero-order valence-electron chi connectivity index (χ0n) is 11.7. The summed E-state index contributed by atoms with van der Waals surface area (Å²) in [6, 6.07) is 0. The molecule has 0 fully saturated rings. The average molecular weight is 240 g/mol. The molecule has 17 heavy (non-hydrogen) atoms. The van der Waals surface area contributed by atoms with E-state index < -0.39 is 0 Å². The summed E-state index contributed by atoms with van der Waals surface area (Å²) in [7, 11) is 0. The van der Waals surface area contributed by atoms with E-state index in [9.17, 15) is 4.79 Å². The maximum Gasteiger partial charge on any atom is 0.220 e. The van der Waals surface area contributed by atoms with E-state index in [1.165, 1.54) is 6.42 Å². The molecule has 100 valence electrons. The second kappa shape index (κ2) is 11.6. The molecule has 3 nitrogen and oxygen atoms in total. The molecule has 0 unspecified atom stereocenters. The number of carbonyl (C=O) groups is 1. The first-order chi connectivity index (χ1) is 8.24. The summed E-state index contributed by atoms with van der Waals surface area (Å²) in [5.74, 6) is 0.183. The third kappa shape index (κ3) is 10.1. The highest BCUT2D eigenvalue weighted by Gasteiger charge is 2.03. The van der Waals surface area contributed by atoms with Gasteiger partial charge in [-0.25, -0.2) is 0 Å². The van der Waals surface area contributed by atoms with Crippen LogP contribution >= 0.6 is 0 Å². The van der Waals surface area contributed by atoms with Crippen molar-refractivity contribution in [1.29, 1.82) is 0 Å². The van der Waals surface area contributed by atoms with E-state index in [4.69, 9.17) is 0 Å². The highest BCUT2D eigenvalue weighted by molar-refractivity contribution is 5.75. The fraction of sp³-hybridized carbons (Fsp3) is 0.786. The fourth-order valence-corrected chi connectivity index (χ4v) is 1.63. The standard InChI is InChI=1S/C14H28N2O/c1-4-7-8-9-10-11-12-14(17)15-13-16(5-2)6-3/h4,7H,5-6,8-13H2,1-3H3,(H,15,17)/b7-4+. The Morgan fingerprint density at radius 1 is 1.18 bits per heavy atom. The molecule has 0 aliphatic heterocycles. The smallest absolute Gasteiger partial charge is 0.220 e.